The predicted octanol–water partition coefficient (Wildman–Crippen LogP) is 2.08. The number of carboxylic acids is 1. The van der Waals surface area contributed by atoms with Gasteiger partial charge in [0.25, 0.3) is 5.91 Å². The van der Waals surface area contributed by atoms with Crippen LogP contribution in [0.25, 0.3) is 0 Å². The van der Waals surface area contributed by atoms with Gasteiger partial charge in [-0.1, -0.05) is 0 Å². The molecule has 5 nitrogen and oxygen atoms in total. The number of hydrogen-bond acceptors (Lipinski definition) is 3. The van der Waals surface area contributed by atoms with Crippen LogP contribution in [-0.4, -0.2) is 39.6 Å². The molecule has 0 radical (unpaired) electrons. The van der Waals surface area contributed by atoms with E-state index in [1.165, 1.54) is 6.07 Å². The van der Waals surface area contributed by atoms with Gasteiger partial charge in [0.15, 0.2) is 0 Å². The normalized spacial score (nSPS) is 18.6. The van der Waals surface area contributed by atoms with Crippen molar-refractivity contribution in [3.05, 3.63) is 27.3 Å². The Hall–Kier alpha value is -1.31. The number of phenolic OH excluding ortho intramolecular Hbond substituents is 1. The minimum atomic E-state index is -0.906. The molecular weight excluding hydrogens is 361 g/mol. The number of nitrogens with zero attached hydrogens (tertiary/aromatic N) is 1. The first-order valence-corrected chi connectivity index (χ1v) is 7.08. The maximum atomic E-state index is 12.4. The van der Waals surface area contributed by atoms with Crippen LogP contribution in [0.3, 0.4) is 0 Å². The zero-order valence-corrected chi connectivity index (χ0v) is 12.3. The second-order valence-corrected chi connectivity index (χ2v) is 5.80. The molecule has 1 fully saturated rings. The van der Waals surface area contributed by atoms with Crippen molar-refractivity contribution in [2.45, 2.75) is 25.3 Å². The molecule has 1 aromatic carbocycles. The molecule has 0 saturated carbocycles. The lowest BCUT2D eigenvalue weighted by Gasteiger charge is -2.24. The summed E-state index contributed by atoms with van der Waals surface area (Å²) in [7, 11) is 0. The molecular formula is C13H14INO4. The molecule has 1 saturated heterocycles. The first-order valence-electron chi connectivity index (χ1n) is 6.00. The van der Waals surface area contributed by atoms with Crippen LogP contribution in [0.5, 0.6) is 5.75 Å². The zero-order valence-electron chi connectivity index (χ0n) is 10.2. The molecule has 2 rings (SSSR count). The van der Waals surface area contributed by atoms with E-state index in [9.17, 15) is 14.7 Å². The third-order valence-corrected chi connectivity index (χ3v) is 3.91. The first-order chi connectivity index (χ1) is 8.99. The van der Waals surface area contributed by atoms with Crippen LogP contribution in [0.2, 0.25) is 0 Å². The molecule has 1 heterocycles. The Morgan fingerprint density at radius 1 is 1.42 bits per heavy atom. The average molecular weight is 375 g/mol. The van der Waals surface area contributed by atoms with Crippen LogP contribution in [-0.2, 0) is 4.79 Å². The highest BCUT2D eigenvalue weighted by atomic mass is 127. The third kappa shape index (κ3) is 3.17. The number of carboxylic acid groups (broad SMARTS) is 1. The molecule has 0 bridgehead atoms. The van der Waals surface area contributed by atoms with Crippen LogP contribution >= 0.6 is 22.6 Å². The van der Waals surface area contributed by atoms with Gasteiger partial charge in [-0.25, -0.2) is 0 Å². The first kappa shape index (κ1) is 14.1. The van der Waals surface area contributed by atoms with E-state index in [1.807, 2.05) is 0 Å². The second kappa shape index (κ2) is 5.77. The van der Waals surface area contributed by atoms with Crippen LogP contribution in [0, 0.1) is 3.57 Å². The van der Waals surface area contributed by atoms with Crippen molar-refractivity contribution in [2.75, 3.05) is 6.54 Å². The van der Waals surface area contributed by atoms with E-state index in [-0.39, 0.29) is 29.7 Å². The third-order valence-electron chi connectivity index (χ3n) is 3.24. The van der Waals surface area contributed by atoms with Gasteiger partial charge in [-0.05, 0) is 53.6 Å². The molecule has 1 aliphatic heterocycles. The lowest BCUT2D eigenvalue weighted by atomic mass is 10.1. The van der Waals surface area contributed by atoms with Gasteiger partial charge in [-0.2, -0.15) is 0 Å². The molecule has 102 valence electrons. The Morgan fingerprint density at radius 3 is 2.84 bits per heavy atom. The molecule has 1 aliphatic rings. The number of carbonyl (C=O) groups excluding carboxylic acids is 1. The molecule has 2 N–H and O–H groups in total. The number of likely N-dealkylation sites (tertiary alicyclic amines) is 1. The van der Waals surface area contributed by atoms with Crippen molar-refractivity contribution in [1.29, 1.82) is 0 Å². The minimum absolute atomic E-state index is 0.0452. The largest absolute Gasteiger partial charge is 0.507 e. The molecule has 0 spiro atoms. The molecule has 6 heteroatoms. The lowest BCUT2D eigenvalue weighted by Crippen LogP contribution is -2.36. The highest BCUT2D eigenvalue weighted by molar-refractivity contribution is 14.1. The predicted molar refractivity (Wildman–Crippen MR) is 77.1 cm³/mol. The van der Waals surface area contributed by atoms with Gasteiger partial charge in [0.05, 0.1) is 12.0 Å². The summed E-state index contributed by atoms with van der Waals surface area (Å²) in [4.78, 5) is 24.7. The Bertz CT molecular complexity index is 517. The number of benzene rings is 1. The van der Waals surface area contributed by atoms with Crippen molar-refractivity contribution < 1.29 is 19.8 Å². The van der Waals surface area contributed by atoms with E-state index in [0.717, 1.165) is 9.99 Å². The fourth-order valence-electron chi connectivity index (χ4n) is 2.35. The van der Waals surface area contributed by atoms with Crippen molar-refractivity contribution in [2.24, 2.45) is 0 Å². The Balaban J connectivity index is 2.23. The number of amides is 1. The van der Waals surface area contributed by atoms with Crippen LogP contribution < -0.4 is 0 Å². The minimum Gasteiger partial charge on any atom is -0.507 e. The Morgan fingerprint density at radius 2 is 2.16 bits per heavy atom. The van der Waals surface area contributed by atoms with E-state index in [2.05, 4.69) is 22.6 Å². The number of aliphatic carboxylic acids is 1. The van der Waals surface area contributed by atoms with Gasteiger partial charge in [0.2, 0.25) is 0 Å². The average Bonchev–Trinajstić information content (AvgIpc) is 2.78. The summed E-state index contributed by atoms with van der Waals surface area (Å²) in [5, 5.41) is 18.6. The molecule has 1 amide bonds. The molecule has 0 aliphatic carbocycles. The topological polar surface area (TPSA) is 77.8 Å². The summed E-state index contributed by atoms with van der Waals surface area (Å²) in [6, 6.07) is 4.54. The van der Waals surface area contributed by atoms with Crippen molar-refractivity contribution in [3.8, 4) is 5.75 Å². The SMILES string of the molecule is O=C(O)CC1CCCN1C(=O)c1cc(I)ccc1O. The molecule has 1 aromatic rings. The maximum absolute atomic E-state index is 12.4. The number of rotatable bonds is 3. The quantitative estimate of drug-likeness (QED) is 0.794. The van der Waals surface area contributed by atoms with E-state index >= 15 is 0 Å². The van der Waals surface area contributed by atoms with Gasteiger partial charge in [-0.3, -0.25) is 9.59 Å². The lowest BCUT2D eigenvalue weighted by molar-refractivity contribution is -0.137. The Kier molecular flexibility index (Phi) is 4.28. The fourth-order valence-corrected chi connectivity index (χ4v) is 2.84. The van der Waals surface area contributed by atoms with Crippen LogP contribution in [0.1, 0.15) is 29.6 Å². The van der Waals surface area contributed by atoms with Gasteiger partial charge in [0, 0.05) is 16.2 Å². The van der Waals surface area contributed by atoms with Crippen LogP contribution in [0.4, 0.5) is 0 Å². The highest BCUT2D eigenvalue weighted by Crippen LogP contribution is 2.27. The summed E-state index contributed by atoms with van der Waals surface area (Å²) >= 11 is 2.07. The number of phenols is 1. The van der Waals surface area contributed by atoms with Gasteiger partial charge in [-0.15, -0.1) is 0 Å². The summed E-state index contributed by atoms with van der Waals surface area (Å²) in [6.45, 7) is 0.543. The van der Waals surface area contributed by atoms with Crippen LogP contribution in [0.15, 0.2) is 18.2 Å². The smallest absolute Gasteiger partial charge is 0.305 e. The maximum Gasteiger partial charge on any atom is 0.305 e. The summed E-state index contributed by atoms with van der Waals surface area (Å²) in [6.07, 6.45) is 1.45. The summed E-state index contributed by atoms with van der Waals surface area (Å²) in [5.74, 6) is -1.26. The van der Waals surface area contributed by atoms with Crippen molar-refractivity contribution in [3.63, 3.8) is 0 Å². The summed E-state index contributed by atoms with van der Waals surface area (Å²) in [5.41, 5.74) is 0.240. The monoisotopic (exact) mass is 375 g/mol. The van der Waals surface area contributed by atoms with Gasteiger partial charge in [0.1, 0.15) is 5.75 Å². The molecule has 1 atom stereocenters. The van der Waals surface area contributed by atoms with E-state index in [0.29, 0.717) is 13.0 Å². The number of aromatic hydroxyl groups is 1. The number of hydrogen-bond donors (Lipinski definition) is 2. The molecule has 0 aromatic heterocycles. The fraction of sp³-hybridized carbons (Fsp3) is 0.385. The zero-order chi connectivity index (χ0) is 14.0. The standard InChI is InChI=1S/C13H14INO4/c14-8-3-4-11(16)10(6-8)13(19)15-5-1-2-9(15)7-12(17)18/h3-4,6,9,16H,1-2,5,7H2,(H,17,18). The van der Waals surface area contributed by atoms with E-state index < -0.39 is 5.97 Å². The highest BCUT2D eigenvalue weighted by Gasteiger charge is 2.32. The van der Waals surface area contributed by atoms with E-state index in [4.69, 9.17) is 5.11 Å². The van der Waals surface area contributed by atoms with Gasteiger partial charge < -0.3 is 15.1 Å². The number of carbonyl (C=O) groups is 2. The summed E-state index contributed by atoms with van der Waals surface area (Å²) < 4.78 is 0.854. The van der Waals surface area contributed by atoms with Gasteiger partial charge >= 0.3 is 5.97 Å². The van der Waals surface area contributed by atoms with Crippen molar-refractivity contribution in [1.82, 2.24) is 4.90 Å². The molecule has 19 heavy (non-hydrogen) atoms. The number of halogens is 1. The van der Waals surface area contributed by atoms with Crippen molar-refractivity contribution >= 4 is 34.5 Å². The second-order valence-electron chi connectivity index (χ2n) is 4.55. The Labute approximate surface area is 124 Å². The molecule has 1 unspecified atom stereocenters. The van der Waals surface area contributed by atoms with E-state index in [1.54, 1.807) is 17.0 Å².